The molecule has 1 fully saturated rings. The number of aromatic nitrogens is 1. The Morgan fingerprint density at radius 3 is 2.75 bits per heavy atom. The number of hydrogen-bond acceptors (Lipinski definition) is 3. The van der Waals surface area contributed by atoms with Gasteiger partial charge in [-0.05, 0) is 37.1 Å². The Hall–Kier alpha value is -2.07. The van der Waals surface area contributed by atoms with E-state index in [0.717, 1.165) is 29.8 Å². The van der Waals surface area contributed by atoms with Crippen molar-refractivity contribution in [2.45, 2.75) is 25.5 Å². The zero-order chi connectivity index (χ0) is 14.1. The van der Waals surface area contributed by atoms with Gasteiger partial charge in [-0.15, -0.1) is 0 Å². The fourth-order valence-electron chi connectivity index (χ4n) is 2.43. The second-order valence-corrected chi connectivity index (χ2v) is 5.04. The molecule has 1 aromatic heterocycles. The van der Waals surface area contributed by atoms with Crippen LogP contribution >= 0.6 is 0 Å². The van der Waals surface area contributed by atoms with Crippen molar-refractivity contribution in [1.82, 2.24) is 4.57 Å². The molecular formula is C16H17NO3. The molecule has 1 saturated carbocycles. The van der Waals surface area contributed by atoms with Gasteiger partial charge in [-0.1, -0.05) is 12.1 Å². The molecule has 4 nitrogen and oxygen atoms in total. The van der Waals surface area contributed by atoms with Crippen LogP contribution in [0.25, 0.3) is 11.3 Å². The Kier molecular flexibility index (Phi) is 3.32. The smallest absolute Gasteiger partial charge is 0.256 e. The van der Waals surface area contributed by atoms with E-state index in [9.17, 15) is 9.90 Å². The van der Waals surface area contributed by atoms with E-state index < -0.39 is 0 Å². The number of rotatable bonds is 4. The third-order valence-corrected chi connectivity index (χ3v) is 3.64. The van der Waals surface area contributed by atoms with Gasteiger partial charge >= 0.3 is 0 Å². The van der Waals surface area contributed by atoms with Crippen LogP contribution in [0.2, 0.25) is 0 Å². The van der Waals surface area contributed by atoms with Crippen LogP contribution in [0.4, 0.5) is 0 Å². The molecule has 0 radical (unpaired) electrons. The Morgan fingerprint density at radius 2 is 2.10 bits per heavy atom. The first-order valence-electron chi connectivity index (χ1n) is 6.74. The van der Waals surface area contributed by atoms with Gasteiger partial charge in [0.2, 0.25) is 0 Å². The first-order chi connectivity index (χ1) is 9.74. The van der Waals surface area contributed by atoms with Gasteiger partial charge in [0.05, 0.1) is 19.4 Å². The maximum Gasteiger partial charge on any atom is 0.256 e. The number of benzene rings is 1. The molecule has 4 heteroatoms. The summed E-state index contributed by atoms with van der Waals surface area (Å²) in [6.07, 6.45) is 2.04. The van der Waals surface area contributed by atoms with Crippen molar-refractivity contribution >= 4 is 0 Å². The van der Waals surface area contributed by atoms with Crippen LogP contribution in [0.3, 0.4) is 0 Å². The minimum atomic E-state index is -0.218. The molecule has 0 bridgehead atoms. The lowest BCUT2D eigenvalue weighted by Crippen LogP contribution is -2.24. The highest BCUT2D eigenvalue weighted by Crippen LogP contribution is 2.37. The van der Waals surface area contributed by atoms with E-state index in [-0.39, 0.29) is 18.2 Å². The second-order valence-electron chi connectivity index (χ2n) is 5.04. The molecule has 1 N–H and O–H groups in total. The predicted molar refractivity (Wildman–Crippen MR) is 76.9 cm³/mol. The maximum absolute atomic E-state index is 12.4. The zero-order valence-electron chi connectivity index (χ0n) is 11.4. The number of methoxy groups -OCH3 is 1. The molecule has 0 unspecified atom stereocenters. The molecule has 20 heavy (non-hydrogen) atoms. The van der Waals surface area contributed by atoms with Crippen LogP contribution < -0.4 is 10.3 Å². The van der Waals surface area contributed by atoms with E-state index in [2.05, 4.69) is 0 Å². The molecule has 0 atom stereocenters. The lowest BCUT2D eigenvalue weighted by Gasteiger charge is -2.14. The molecule has 104 valence electrons. The summed E-state index contributed by atoms with van der Waals surface area (Å²) in [5.74, 6) is 0.767. The summed E-state index contributed by atoms with van der Waals surface area (Å²) in [7, 11) is 1.63. The minimum Gasteiger partial charge on any atom is -0.497 e. The number of pyridine rings is 1. The van der Waals surface area contributed by atoms with Crippen LogP contribution in [0.15, 0.2) is 41.2 Å². The van der Waals surface area contributed by atoms with Crippen molar-refractivity contribution in [2.24, 2.45) is 0 Å². The van der Waals surface area contributed by atoms with Crippen LogP contribution in [-0.4, -0.2) is 16.8 Å². The van der Waals surface area contributed by atoms with Crippen molar-refractivity contribution in [3.05, 3.63) is 52.3 Å². The maximum atomic E-state index is 12.4. The van der Waals surface area contributed by atoms with Crippen LogP contribution in [0.1, 0.15) is 24.4 Å². The first kappa shape index (κ1) is 12.9. The van der Waals surface area contributed by atoms with E-state index in [4.69, 9.17) is 4.74 Å². The second kappa shape index (κ2) is 5.13. The number of aliphatic hydroxyl groups is 1. The summed E-state index contributed by atoms with van der Waals surface area (Å²) in [6, 6.07) is 11.5. The molecule has 3 rings (SSSR count). The fraction of sp³-hybridized carbons (Fsp3) is 0.312. The van der Waals surface area contributed by atoms with Gasteiger partial charge in [0.1, 0.15) is 5.75 Å². The Balaban J connectivity index is 2.17. The van der Waals surface area contributed by atoms with E-state index >= 15 is 0 Å². The number of nitrogens with zero attached hydrogens (tertiary/aromatic N) is 1. The van der Waals surface area contributed by atoms with Gasteiger partial charge in [-0.3, -0.25) is 4.79 Å². The van der Waals surface area contributed by atoms with Gasteiger partial charge in [0.25, 0.3) is 5.56 Å². The van der Waals surface area contributed by atoms with Gasteiger partial charge in [-0.25, -0.2) is 0 Å². The number of hydrogen-bond donors (Lipinski definition) is 1. The van der Waals surface area contributed by atoms with Gasteiger partial charge in [0.15, 0.2) is 0 Å². The average molecular weight is 271 g/mol. The van der Waals surface area contributed by atoms with Crippen LogP contribution in [0.5, 0.6) is 5.75 Å². The quantitative estimate of drug-likeness (QED) is 0.928. The van der Waals surface area contributed by atoms with E-state index in [0.29, 0.717) is 5.56 Å². The van der Waals surface area contributed by atoms with Gasteiger partial charge in [0, 0.05) is 17.2 Å². The van der Waals surface area contributed by atoms with Gasteiger partial charge in [-0.2, -0.15) is 0 Å². The van der Waals surface area contributed by atoms with E-state index in [1.54, 1.807) is 17.7 Å². The number of ether oxygens (including phenoxy) is 1. The standard InChI is InChI=1S/C16H17NO3/c1-20-14-4-2-3-11(9-14)15-8-5-12(10-18)16(19)17(15)13-6-7-13/h2-5,8-9,13,18H,6-7,10H2,1H3. The molecule has 1 aromatic carbocycles. The Morgan fingerprint density at radius 1 is 1.30 bits per heavy atom. The molecule has 0 aliphatic heterocycles. The minimum absolute atomic E-state index is 0.0877. The van der Waals surface area contributed by atoms with Crippen molar-refractivity contribution in [3.63, 3.8) is 0 Å². The third-order valence-electron chi connectivity index (χ3n) is 3.64. The summed E-state index contributed by atoms with van der Waals surface area (Å²) in [5, 5.41) is 9.26. The monoisotopic (exact) mass is 271 g/mol. The van der Waals surface area contributed by atoms with E-state index in [1.165, 1.54) is 0 Å². The molecular weight excluding hydrogens is 254 g/mol. The zero-order valence-corrected chi connectivity index (χ0v) is 11.4. The predicted octanol–water partition coefficient (Wildman–Crippen LogP) is 2.35. The molecule has 2 aromatic rings. The van der Waals surface area contributed by atoms with Crippen molar-refractivity contribution < 1.29 is 9.84 Å². The normalized spacial score (nSPS) is 14.3. The molecule has 1 heterocycles. The summed E-state index contributed by atoms with van der Waals surface area (Å²) in [4.78, 5) is 12.4. The van der Waals surface area contributed by atoms with Gasteiger partial charge < -0.3 is 14.4 Å². The molecule has 1 aliphatic carbocycles. The molecule has 1 aliphatic rings. The Bertz CT molecular complexity index is 686. The number of aliphatic hydroxyl groups excluding tert-OH is 1. The third kappa shape index (κ3) is 2.23. The van der Waals surface area contributed by atoms with Crippen molar-refractivity contribution in [2.75, 3.05) is 7.11 Å². The lowest BCUT2D eigenvalue weighted by molar-refractivity contribution is 0.279. The molecule has 0 spiro atoms. The Labute approximate surface area is 117 Å². The lowest BCUT2D eigenvalue weighted by atomic mass is 10.1. The SMILES string of the molecule is COc1cccc(-c2ccc(CO)c(=O)n2C2CC2)c1. The summed E-state index contributed by atoms with van der Waals surface area (Å²) < 4.78 is 7.05. The highest BCUT2D eigenvalue weighted by atomic mass is 16.5. The largest absolute Gasteiger partial charge is 0.497 e. The van der Waals surface area contributed by atoms with Crippen molar-refractivity contribution in [3.8, 4) is 17.0 Å². The van der Waals surface area contributed by atoms with Crippen LogP contribution in [0, 0.1) is 0 Å². The summed E-state index contributed by atoms with van der Waals surface area (Å²) in [5.41, 5.74) is 2.20. The highest BCUT2D eigenvalue weighted by Gasteiger charge is 2.27. The molecule has 0 amide bonds. The average Bonchev–Trinajstić information content (AvgIpc) is 3.31. The molecule has 0 saturated heterocycles. The van der Waals surface area contributed by atoms with Crippen LogP contribution in [-0.2, 0) is 6.61 Å². The van der Waals surface area contributed by atoms with E-state index in [1.807, 2.05) is 30.3 Å². The fourth-order valence-corrected chi connectivity index (χ4v) is 2.43. The summed E-state index contributed by atoms with van der Waals surface area (Å²) in [6.45, 7) is -0.218. The highest BCUT2D eigenvalue weighted by molar-refractivity contribution is 5.62. The summed E-state index contributed by atoms with van der Waals surface area (Å²) >= 11 is 0. The van der Waals surface area contributed by atoms with Crippen molar-refractivity contribution in [1.29, 1.82) is 0 Å². The topological polar surface area (TPSA) is 51.5 Å². The first-order valence-corrected chi connectivity index (χ1v) is 6.74.